The van der Waals surface area contributed by atoms with Crippen LogP contribution in [0.15, 0.2) is 97.2 Å². The summed E-state index contributed by atoms with van der Waals surface area (Å²) in [6.07, 6.45) is 1.74. The Morgan fingerprint density at radius 3 is 1.44 bits per heavy atom. The Bertz CT molecular complexity index is 2140. The normalized spacial score (nSPS) is 10.9. The third-order valence-electron chi connectivity index (χ3n) is 8.88. The number of nitrogens with zero attached hydrogens (tertiary/aromatic N) is 5. The summed E-state index contributed by atoms with van der Waals surface area (Å²) in [6.45, 7) is 16.1. The summed E-state index contributed by atoms with van der Waals surface area (Å²) in [5.41, 5.74) is 3.83. The number of aryl methyl sites for hydroxylation is 1. The second-order valence-electron chi connectivity index (χ2n) is 16.6. The molecule has 2 amide bonds. The monoisotopic (exact) mass is 945 g/mol. The third kappa shape index (κ3) is 18.2. The van der Waals surface area contributed by atoms with E-state index in [9.17, 15) is 19.8 Å². The molecule has 0 aliphatic rings. The van der Waals surface area contributed by atoms with Gasteiger partial charge in [0.25, 0.3) is 0 Å². The SMILES string of the molecule is CC(=O)[O-].Cc1cc(CN(Cc2cccc(NC(=O)C(C)(C)C)n2)Cc2cccc(NC(=O)C(C)(C)C)n2)c([O-])c(CN(Cc2ccccn2)Cc2ccccc2[O-])c1.[OH-].[Zn+2].[Zn+2]. The zero-order valence-electron chi connectivity index (χ0n) is 37.0. The van der Waals surface area contributed by atoms with Crippen molar-refractivity contribution in [2.45, 2.75) is 94.7 Å². The first-order valence-corrected chi connectivity index (χ1v) is 19.4. The molecule has 16 heteroatoms. The number of nitrogens with one attached hydrogen (secondary N) is 2. The van der Waals surface area contributed by atoms with Crippen LogP contribution in [-0.4, -0.2) is 48.0 Å². The second-order valence-corrected chi connectivity index (χ2v) is 16.6. The number of pyridine rings is 3. The van der Waals surface area contributed by atoms with Crippen LogP contribution in [0.25, 0.3) is 0 Å². The van der Waals surface area contributed by atoms with Crippen LogP contribution in [0, 0.1) is 17.8 Å². The number of amides is 2. The molecular weight excluding hydrogens is 893 g/mol. The van der Waals surface area contributed by atoms with Gasteiger partial charge in [0.1, 0.15) is 11.6 Å². The van der Waals surface area contributed by atoms with E-state index >= 15 is 0 Å². The molecule has 0 radical (unpaired) electrons. The van der Waals surface area contributed by atoms with Crippen LogP contribution in [0.1, 0.15) is 87.8 Å². The minimum Gasteiger partial charge on any atom is -0.872 e. The number of aliphatic carboxylic acids is 1. The van der Waals surface area contributed by atoms with Crippen molar-refractivity contribution in [3.05, 3.63) is 137 Å². The van der Waals surface area contributed by atoms with Gasteiger partial charge in [-0.05, 0) is 66.9 Å². The molecule has 3 heterocycles. The average molecular weight is 949 g/mol. The summed E-state index contributed by atoms with van der Waals surface area (Å²) in [4.78, 5) is 52.6. The summed E-state index contributed by atoms with van der Waals surface area (Å²) < 4.78 is 0. The fourth-order valence-electron chi connectivity index (χ4n) is 5.92. The smallest absolute Gasteiger partial charge is 0.872 e. The number of anilines is 2. The van der Waals surface area contributed by atoms with Gasteiger partial charge in [0.15, 0.2) is 0 Å². The number of hydrogen-bond donors (Lipinski definition) is 2. The zero-order chi connectivity index (χ0) is 43.3. The van der Waals surface area contributed by atoms with Crippen molar-refractivity contribution in [2.75, 3.05) is 10.6 Å². The van der Waals surface area contributed by atoms with Crippen molar-refractivity contribution in [3.63, 3.8) is 0 Å². The molecule has 0 saturated heterocycles. The number of carboxylic acid groups (broad SMARTS) is 1. The molecule has 0 aliphatic heterocycles. The van der Waals surface area contributed by atoms with E-state index in [1.54, 1.807) is 30.5 Å². The number of carbonyl (C=O) groups excluding carboxylic acids is 3. The molecule has 5 rings (SSSR count). The van der Waals surface area contributed by atoms with E-state index in [2.05, 4.69) is 25.4 Å². The molecule has 5 aromatic rings. The van der Waals surface area contributed by atoms with Gasteiger partial charge in [0.05, 0.1) is 17.1 Å². The first kappa shape index (κ1) is 55.0. The molecule has 0 aliphatic carbocycles. The molecule has 0 fully saturated rings. The molecule has 320 valence electrons. The number of aromatic nitrogens is 3. The standard InChI is InChI=1S/C44H53N7O4.C2H4O2.H2O.2Zn/c1-30-22-32(25-50(27-34-15-10-11-21-45-34)24-31-14-8-9-18-37(31)52)40(53)33(23-30)26-51(28-35-16-12-19-38(46-35)48-41(54)43(2,3)4)29-36-17-13-20-39(47-36)49-42(55)44(5,6)7;1-2(3)4;;;/h8-23,52-53H,24-29H2,1-7H3,(H,46,48,54)(H,47,49,55);1H3,(H,3,4);1H2;;/q;;;2*+2/p-4. The predicted molar refractivity (Wildman–Crippen MR) is 224 cm³/mol. The van der Waals surface area contributed by atoms with Crippen LogP contribution in [-0.2, 0) is 92.6 Å². The van der Waals surface area contributed by atoms with Crippen molar-refractivity contribution >= 4 is 29.4 Å². The Kier molecular flexibility index (Phi) is 22.4. The summed E-state index contributed by atoms with van der Waals surface area (Å²) >= 11 is 0. The topological polar surface area (TPSA) is 220 Å². The number of para-hydroxylation sites is 1. The number of benzene rings is 2. The van der Waals surface area contributed by atoms with Crippen molar-refractivity contribution in [1.29, 1.82) is 0 Å². The molecule has 0 atom stereocenters. The van der Waals surface area contributed by atoms with Crippen molar-refractivity contribution in [2.24, 2.45) is 10.8 Å². The largest absolute Gasteiger partial charge is 2.00 e. The maximum Gasteiger partial charge on any atom is 2.00 e. The van der Waals surface area contributed by atoms with Gasteiger partial charge in [0, 0.05) is 62.3 Å². The van der Waals surface area contributed by atoms with Crippen LogP contribution in [0.4, 0.5) is 11.6 Å². The Labute approximate surface area is 390 Å². The fraction of sp³-hybridized carbons (Fsp3) is 0.348. The molecule has 2 aromatic carbocycles. The summed E-state index contributed by atoms with van der Waals surface area (Å²) in [5.74, 6) is -0.634. The minimum atomic E-state index is -1.08. The van der Waals surface area contributed by atoms with E-state index < -0.39 is 16.8 Å². The van der Waals surface area contributed by atoms with E-state index in [0.29, 0.717) is 72.4 Å². The number of hydrogen-bond acceptors (Lipinski definition) is 12. The molecule has 0 spiro atoms. The van der Waals surface area contributed by atoms with Gasteiger partial charge in [-0.25, -0.2) is 9.97 Å². The van der Waals surface area contributed by atoms with Crippen LogP contribution >= 0.6 is 0 Å². The molecule has 0 bridgehead atoms. The Morgan fingerprint density at radius 2 is 1.00 bits per heavy atom. The summed E-state index contributed by atoms with van der Waals surface area (Å²) in [7, 11) is 0. The van der Waals surface area contributed by atoms with Crippen LogP contribution < -0.4 is 26.0 Å². The third-order valence-corrected chi connectivity index (χ3v) is 8.88. The predicted octanol–water partition coefficient (Wildman–Crippen LogP) is 5.28. The van der Waals surface area contributed by atoms with Gasteiger partial charge >= 0.3 is 39.0 Å². The van der Waals surface area contributed by atoms with Gasteiger partial charge in [-0.2, -0.15) is 0 Å². The van der Waals surface area contributed by atoms with Gasteiger partial charge < -0.3 is 36.2 Å². The Hall–Kier alpha value is -4.97. The molecule has 3 aromatic heterocycles. The van der Waals surface area contributed by atoms with Crippen molar-refractivity contribution < 1.29 is 74.1 Å². The molecule has 0 saturated carbocycles. The van der Waals surface area contributed by atoms with Gasteiger partial charge in [0.2, 0.25) is 11.8 Å². The van der Waals surface area contributed by atoms with Crippen molar-refractivity contribution in [3.8, 4) is 11.5 Å². The second kappa shape index (κ2) is 25.2. The van der Waals surface area contributed by atoms with E-state index in [1.807, 2.05) is 115 Å². The number of rotatable bonds is 14. The Balaban J connectivity index is 0.00000263. The van der Waals surface area contributed by atoms with Crippen LogP contribution in [0.2, 0.25) is 0 Å². The number of carbonyl (C=O) groups is 3. The van der Waals surface area contributed by atoms with Crippen LogP contribution in [0.5, 0.6) is 11.5 Å². The van der Waals surface area contributed by atoms with Crippen molar-refractivity contribution in [1.82, 2.24) is 24.8 Å². The summed E-state index contributed by atoms with van der Waals surface area (Å²) in [5, 5.41) is 41.8. The maximum atomic E-state index is 14.4. The quantitative estimate of drug-likeness (QED) is 0.136. The molecule has 0 unspecified atom stereocenters. The van der Waals surface area contributed by atoms with E-state index in [0.717, 1.165) is 18.2 Å². The fourth-order valence-corrected chi connectivity index (χ4v) is 5.92. The van der Waals surface area contributed by atoms with E-state index in [4.69, 9.17) is 19.9 Å². The first-order chi connectivity index (χ1) is 27.8. The molecule has 14 nitrogen and oxygen atoms in total. The van der Waals surface area contributed by atoms with Gasteiger partial charge in [-0.3, -0.25) is 24.4 Å². The Morgan fingerprint density at radius 1 is 0.597 bits per heavy atom. The summed E-state index contributed by atoms with van der Waals surface area (Å²) in [6, 6.07) is 27.5. The first-order valence-electron chi connectivity index (χ1n) is 19.4. The van der Waals surface area contributed by atoms with E-state index in [-0.39, 0.29) is 74.3 Å². The van der Waals surface area contributed by atoms with Gasteiger partial charge in [-0.1, -0.05) is 107 Å². The number of carboxylic acids is 1. The average Bonchev–Trinajstić information content (AvgIpc) is 3.14. The minimum absolute atomic E-state index is 0. The molecule has 62 heavy (non-hydrogen) atoms. The van der Waals surface area contributed by atoms with Crippen LogP contribution in [0.3, 0.4) is 0 Å². The van der Waals surface area contributed by atoms with Gasteiger partial charge in [-0.15, -0.1) is 5.75 Å². The molecule has 3 N–H and O–H groups in total. The van der Waals surface area contributed by atoms with E-state index in [1.165, 1.54) is 0 Å². The maximum absolute atomic E-state index is 14.4. The molecular formula is C46H55N7O7Zn2. The zero-order valence-corrected chi connectivity index (χ0v) is 43.0.